The lowest BCUT2D eigenvalue weighted by molar-refractivity contribution is 0.102. The monoisotopic (exact) mass is 286 g/mol. The topological polar surface area (TPSA) is 28.4 Å². The molecule has 3 nitrogen and oxygen atoms in total. The van der Waals surface area contributed by atoms with Crippen molar-refractivity contribution in [1.29, 1.82) is 0 Å². The normalized spacial score (nSPS) is 27.2. The summed E-state index contributed by atoms with van der Waals surface area (Å²) in [5.74, 6) is 1.70. The van der Waals surface area contributed by atoms with Gasteiger partial charge in [-0.3, -0.25) is 4.90 Å². The van der Waals surface area contributed by atoms with Gasteiger partial charge in [-0.05, 0) is 67.9 Å². The molecule has 2 unspecified atom stereocenters. The minimum absolute atomic E-state index is 0.394. The van der Waals surface area contributed by atoms with Crippen molar-refractivity contribution in [3.8, 4) is 0 Å². The lowest BCUT2D eigenvalue weighted by Gasteiger charge is -2.38. The predicted molar refractivity (Wildman–Crippen MR) is 68.4 cm³/mol. The number of nitrogens with zero attached hydrogens (tertiary/aromatic N) is 1. The first-order chi connectivity index (χ1) is 7.74. The number of piperidine rings is 1. The van der Waals surface area contributed by atoms with Gasteiger partial charge in [0.25, 0.3) is 0 Å². The second-order valence-corrected chi connectivity index (χ2v) is 5.37. The first-order valence-electron chi connectivity index (χ1n) is 5.81. The van der Waals surface area contributed by atoms with E-state index in [9.17, 15) is 0 Å². The third-order valence-electron chi connectivity index (χ3n) is 3.39. The molecular formula is C12H19BrN2O. The second-order valence-electron chi connectivity index (χ2n) is 4.52. The number of hydrogen-bond acceptors (Lipinski definition) is 3. The molecule has 1 saturated heterocycles. The summed E-state index contributed by atoms with van der Waals surface area (Å²) in [5.41, 5.74) is 0. The highest BCUT2D eigenvalue weighted by Gasteiger charge is 2.33. The molecule has 0 saturated carbocycles. The zero-order valence-electron chi connectivity index (χ0n) is 9.87. The fourth-order valence-electron chi connectivity index (χ4n) is 2.67. The van der Waals surface area contributed by atoms with Crippen molar-refractivity contribution in [3.63, 3.8) is 0 Å². The molecule has 1 aliphatic heterocycles. The minimum Gasteiger partial charge on any atom is -0.466 e. The summed E-state index contributed by atoms with van der Waals surface area (Å²) < 4.78 is 6.72. The Labute approximate surface area is 105 Å². The SMILES string of the molecule is CNCC1CCCN(C)C1c1occc1Br. The van der Waals surface area contributed by atoms with Crippen molar-refractivity contribution in [2.45, 2.75) is 18.9 Å². The fourth-order valence-corrected chi connectivity index (χ4v) is 3.10. The summed E-state index contributed by atoms with van der Waals surface area (Å²) >= 11 is 3.57. The Kier molecular flexibility index (Phi) is 4.05. The van der Waals surface area contributed by atoms with Gasteiger partial charge in [0.1, 0.15) is 5.76 Å². The molecule has 0 spiro atoms. The van der Waals surface area contributed by atoms with Crippen LogP contribution < -0.4 is 5.32 Å². The van der Waals surface area contributed by atoms with Crippen LogP contribution in [-0.4, -0.2) is 32.1 Å². The minimum atomic E-state index is 0.394. The van der Waals surface area contributed by atoms with Gasteiger partial charge in [0.2, 0.25) is 0 Å². The van der Waals surface area contributed by atoms with Crippen LogP contribution in [0.15, 0.2) is 21.2 Å². The van der Waals surface area contributed by atoms with Crippen LogP contribution in [0.1, 0.15) is 24.6 Å². The first-order valence-corrected chi connectivity index (χ1v) is 6.61. The summed E-state index contributed by atoms with van der Waals surface area (Å²) in [4.78, 5) is 2.40. The van der Waals surface area contributed by atoms with Crippen LogP contribution in [-0.2, 0) is 0 Å². The molecule has 1 fully saturated rings. The van der Waals surface area contributed by atoms with Crippen LogP contribution in [0, 0.1) is 5.92 Å². The van der Waals surface area contributed by atoms with E-state index in [-0.39, 0.29) is 0 Å². The summed E-state index contributed by atoms with van der Waals surface area (Å²) in [6.07, 6.45) is 4.30. The number of furan rings is 1. The zero-order valence-corrected chi connectivity index (χ0v) is 11.5. The van der Waals surface area contributed by atoms with E-state index in [1.807, 2.05) is 13.1 Å². The lowest BCUT2D eigenvalue weighted by Crippen LogP contribution is -2.39. The van der Waals surface area contributed by atoms with E-state index < -0.39 is 0 Å². The van der Waals surface area contributed by atoms with E-state index in [0.29, 0.717) is 12.0 Å². The molecule has 2 heterocycles. The third-order valence-corrected chi connectivity index (χ3v) is 4.04. The van der Waals surface area contributed by atoms with E-state index in [4.69, 9.17) is 4.42 Å². The molecule has 4 heteroatoms. The Morgan fingerprint density at radius 1 is 1.62 bits per heavy atom. The molecule has 2 atom stereocenters. The van der Waals surface area contributed by atoms with E-state index in [1.165, 1.54) is 12.8 Å². The van der Waals surface area contributed by atoms with Gasteiger partial charge in [0, 0.05) is 0 Å². The maximum absolute atomic E-state index is 5.63. The number of hydrogen-bond donors (Lipinski definition) is 1. The molecule has 90 valence electrons. The summed E-state index contributed by atoms with van der Waals surface area (Å²) in [7, 11) is 4.20. The Bertz CT molecular complexity index is 338. The molecule has 0 bridgehead atoms. The van der Waals surface area contributed by atoms with E-state index in [2.05, 4.69) is 33.2 Å². The molecule has 0 aliphatic carbocycles. The molecule has 0 aromatic carbocycles. The summed E-state index contributed by atoms with van der Waals surface area (Å²) in [5, 5.41) is 3.29. The lowest BCUT2D eigenvalue weighted by atomic mass is 9.88. The highest BCUT2D eigenvalue weighted by molar-refractivity contribution is 9.10. The van der Waals surface area contributed by atoms with Crippen LogP contribution in [0.5, 0.6) is 0 Å². The number of halogens is 1. The smallest absolute Gasteiger partial charge is 0.135 e. The van der Waals surface area contributed by atoms with Crippen molar-refractivity contribution in [1.82, 2.24) is 10.2 Å². The molecule has 1 aromatic heterocycles. The van der Waals surface area contributed by atoms with Gasteiger partial charge in [-0.2, -0.15) is 0 Å². The molecule has 1 aliphatic rings. The van der Waals surface area contributed by atoms with Crippen LogP contribution in [0.25, 0.3) is 0 Å². The van der Waals surface area contributed by atoms with Gasteiger partial charge >= 0.3 is 0 Å². The van der Waals surface area contributed by atoms with Crippen LogP contribution in [0.3, 0.4) is 0 Å². The fraction of sp³-hybridized carbons (Fsp3) is 0.667. The molecule has 1 aromatic rings. The van der Waals surface area contributed by atoms with Gasteiger partial charge in [-0.1, -0.05) is 0 Å². The highest BCUT2D eigenvalue weighted by atomic mass is 79.9. The van der Waals surface area contributed by atoms with Crippen LogP contribution in [0.2, 0.25) is 0 Å². The Morgan fingerprint density at radius 2 is 2.44 bits per heavy atom. The molecule has 2 rings (SSSR count). The van der Waals surface area contributed by atoms with Crippen molar-refractivity contribution in [2.75, 3.05) is 27.2 Å². The van der Waals surface area contributed by atoms with Gasteiger partial charge in [-0.15, -0.1) is 0 Å². The maximum atomic E-state index is 5.63. The standard InChI is InChI=1S/C12H19BrN2O/c1-14-8-9-4-3-6-15(2)11(9)12-10(13)5-7-16-12/h5,7,9,11,14H,3-4,6,8H2,1-2H3. The zero-order chi connectivity index (χ0) is 11.5. The van der Waals surface area contributed by atoms with Gasteiger partial charge in [-0.25, -0.2) is 0 Å². The van der Waals surface area contributed by atoms with Crippen molar-refractivity contribution < 1.29 is 4.42 Å². The van der Waals surface area contributed by atoms with Crippen LogP contribution >= 0.6 is 15.9 Å². The number of likely N-dealkylation sites (tertiary alicyclic amines) is 1. The molecule has 1 N–H and O–H groups in total. The number of nitrogens with one attached hydrogen (secondary N) is 1. The van der Waals surface area contributed by atoms with Crippen molar-refractivity contribution in [2.24, 2.45) is 5.92 Å². The Morgan fingerprint density at radius 3 is 3.06 bits per heavy atom. The van der Waals surface area contributed by atoms with E-state index in [1.54, 1.807) is 6.26 Å². The molecule has 0 amide bonds. The Balaban J connectivity index is 2.22. The van der Waals surface area contributed by atoms with Gasteiger partial charge in [0.05, 0.1) is 16.8 Å². The molecule has 16 heavy (non-hydrogen) atoms. The largest absolute Gasteiger partial charge is 0.466 e. The van der Waals surface area contributed by atoms with Crippen LogP contribution in [0.4, 0.5) is 0 Å². The second kappa shape index (κ2) is 5.34. The average Bonchev–Trinajstić information content (AvgIpc) is 2.65. The third kappa shape index (κ3) is 2.34. The van der Waals surface area contributed by atoms with E-state index in [0.717, 1.165) is 23.3 Å². The van der Waals surface area contributed by atoms with Gasteiger partial charge < -0.3 is 9.73 Å². The quantitative estimate of drug-likeness (QED) is 0.926. The molecular weight excluding hydrogens is 268 g/mol. The maximum Gasteiger partial charge on any atom is 0.135 e. The molecule has 0 radical (unpaired) electrons. The first kappa shape index (κ1) is 12.1. The predicted octanol–water partition coefficient (Wildman–Crippen LogP) is 2.64. The summed E-state index contributed by atoms with van der Waals surface area (Å²) in [6, 6.07) is 2.37. The highest BCUT2D eigenvalue weighted by Crippen LogP contribution is 2.38. The average molecular weight is 287 g/mol. The van der Waals surface area contributed by atoms with E-state index >= 15 is 0 Å². The van der Waals surface area contributed by atoms with Crippen molar-refractivity contribution >= 4 is 15.9 Å². The number of rotatable bonds is 3. The Hall–Kier alpha value is -0.320. The van der Waals surface area contributed by atoms with Crippen molar-refractivity contribution in [3.05, 3.63) is 22.6 Å². The van der Waals surface area contributed by atoms with Gasteiger partial charge in [0.15, 0.2) is 0 Å². The summed E-state index contributed by atoms with van der Waals surface area (Å²) in [6.45, 7) is 2.19.